The van der Waals surface area contributed by atoms with Crippen LogP contribution < -0.4 is 5.32 Å². The van der Waals surface area contributed by atoms with Gasteiger partial charge < -0.3 is 10.1 Å². The van der Waals surface area contributed by atoms with E-state index < -0.39 is 5.97 Å². The summed E-state index contributed by atoms with van der Waals surface area (Å²) in [5.74, 6) is -0.899. The molecule has 0 bridgehead atoms. The quantitative estimate of drug-likeness (QED) is 0.678. The molecule has 0 aliphatic rings. The molecule has 5 heteroatoms. The summed E-state index contributed by atoms with van der Waals surface area (Å²) in [6.45, 7) is 3.61. The molecule has 2 rings (SSSR count). The van der Waals surface area contributed by atoms with E-state index in [1.54, 1.807) is 17.4 Å². The largest absolute Gasteiger partial charge is 0.452 e. The third kappa shape index (κ3) is 5.18. The topological polar surface area (TPSA) is 55.4 Å². The molecule has 1 aromatic carbocycles. The Hall–Kier alpha value is -2.40. The summed E-state index contributed by atoms with van der Waals surface area (Å²) in [5, 5.41) is 6.54. The first-order valence-corrected chi connectivity index (χ1v) is 7.72. The molecule has 4 nitrogen and oxygen atoms in total. The Morgan fingerprint density at radius 1 is 1.23 bits per heavy atom. The summed E-state index contributed by atoms with van der Waals surface area (Å²) in [6, 6.07) is 7.64. The number of ether oxygens (including phenoxy) is 1. The van der Waals surface area contributed by atoms with E-state index >= 15 is 0 Å². The van der Waals surface area contributed by atoms with Crippen LogP contribution >= 0.6 is 11.3 Å². The van der Waals surface area contributed by atoms with Gasteiger partial charge in [0.15, 0.2) is 6.61 Å². The monoisotopic (exact) mass is 315 g/mol. The molecule has 0 saturated heterocycles. The second kappa shape index (κ2) is 7.56. The van der Waals surface area contributed by atoms with Gasteiger partial charge in [0.2, 0.25) is 0 Å². The Labute approximate surface area is 133 Å². The Morgan fingerprint density at radius 3 is 2.59 bits per heavy atom. The molecule has 22 heavy (non-hydrogen) atoms. The van der Waals surface area contributed by atoms with E-state index in [2.05, 4.69) is 5.32 Å². The molecule has 0 radical (unpaired) electrons. The maximum absolute atomic E-state index is 11.8. The lowest BCUT2D eigenvalue weighted by Crippen LogP contribution is -2.20. The molecule has 1 heterocycles. The second-order valence-corrected chi connectivity index (χ2v) is 5.70. The predicted octanol–water partition coefficient (Wildman–Crippen LogP) is 3.56. The molecule has 114 valence electrons. The molecule has 0 spiro atoms. The molecule has 0 atom stereocenters. The van der Waals surface area contributed by atoms with E-state index in [0.29, 0.717) is 5.69 Å². The van der Waals surface area contributed by atoms with Crippen molar-refractivity contribution in [2.75, 3.05) is 11.9 Å². The fourth-order valence-corrected chi connectivity index (χ4v) is 2.59. The number of hydrogen-bond acceptors (Lipinski definition) is 4. The zero-order chi connectivity index (χ0) is 15.9. The molecule has 1 N–H and O–H groups in total. The van der Waals surface area contributed by atoms with Gasteiger partial charge in [0.05, 0.1) is 0 Å². The highest BCUT2D eigenvalue weighted by Gasteiger charge is 2.06. The van der Waals surface area contributed by atoms with E-state index in [9.17, 15) is 9.59 Å². The Balaban J connectivity index is 1.81. The van der Waals surface area contributed by atoms with Crippen LogP contribution in [0.3, 0.4) is 0 Å². The third-order valence-corrected chi connectivity index (χ3v) is 3.51. The highest BCUT2D eigenvalue weighted by Crippen LogP contribution is 2.13. The minimum atomic E-state index is -0.540. The number of thiophene rings is 1. The van der Waals surface area contributed by atoms with Gasteiger partial charge in [-0.15, -0.1) is 0 Å². The van der Waals surface area contributed by atoms with E-state index in [-0.39, 0.29) is 12.5 Å². The molecule has 0 aliphatic carbocycles. The van der Waals surface area contributed by atoms with Crippen LogP contribution in [-0.4, -0.2) is 18.5 Å². The minimum Gasteiger partial charge on any atom is -0.452 e. The Bertz CT molecular complexity index is 670. The number of benzene rings is 1. The number of rotatable bonds is 5. The summed E-state index contributed by atoms with van der Waals surface area (Å²) in [6.07, 6.45) is 2.97. The molecule has 1 aromatic heterocycles. The number of hydrogen-bond donors (Lipinski definition) is 1. The molecule has 2 aromatic rings. The molecule has 0 fully saturated rings. The zero-order valence-electron chi connectivity index (χ0n) is 12.5. The van der Waals surface area contributed by atoms with Crippen LogP contribution in [0.5, 0.6) is 0 Å². The minimum absolute atomic E-state index is 0.306. The van der Waals surface area contributed by atoms with Gasteiger partial charge in [-0.25, -0.2) is 4.79 Å². The van der Waals surface area contributed by atoms with Gasteiger partial charge in [-0.1, -0.05) is 6.07 Å². The summed E-state index contributed by atoms with van der Waals surface area (Å²) in [7, 11) is 0. The molecule has 0 unspecified atom stereocenters. The van der Waals surface area contributed by atoms with E-state index in [1.807, 2.05) is 48.9 Å². The van der Waals surface area contributed by atoms with Gasteiger partial charge in [-0.3, -0.25) is 4.79 Å². The first-order chi connectivity index (χ1) is 10.5. The van der Waals surface area contributed by atoms with Crippen LogP contribution in [0.15, 0.2) is 41.1 Å². The van der Waals surface area contributed by atoms with Crippen LogP contribution in [0.1, 0.15) is 16.7 Å². The molecular formula is C17H17NO3S. The van der Waals surface area contributed by atoms with E-state index in [0.717, 1.165) is 16.7 Å². The van der Waals surface area contributed by atoms with Crippen LogP contribution in [0.2, 0.25) is 0 Å². The number of anilines is 1. The predicted molar refractivity (Wildman–Crippen MR) is 88.9 cm³/mol. The highest BCUT2D eigenvalue weighted by atomic mass is 32.1. The summed E-state index contributed by atoms with van der Waals surface area (Å²) in [4.78, 5) is 23.3. The van der Waals surface area contributed by atoms with Crippen molar-refractivity contribution in [3.05, 3.63) is 57.8 Å². The maximum Gasteiger partial charge on any atom is 0.331 e. The zero-order valence-corrected chi connectivity index (χ0v) is 13.3. The standard InChI is InChI=1S/C17H17NO3S/c1-12-7-13(2)9-15(8-12)18-16(19)10-21-17(20)4-3-14-5-6-22-11-14/h3-9,11H,10H2,1-2H3,(H,18,19)/b4-3+. The molecule has 1 amide bonds. The van der Waals surface area contributed by atoms with Crippen molar-refractivity contribution in [2.24, 2.45) is 0 Å². The Morgan fingerprint density at radius 2 is 1.95 bits per heavy atom. The average molecular weight is 315 g/mol. The smallest absolute Gasteiger partial charge is 0.331 e. The van der Waals surface area contributed by atoms with Gasteiger partial charge in [0, 0.05) is 11.8 Å². The lowest BCUT2D eigenvalue weighted by Gasteiger charge is -2.07. The van der Waals surface area contributed by atoms with E-state index in [4.69, 9.17) is 4.74 Å². The van der Waals surface area contributed by atoms with Gasteiger partial charge >= 0.3 is 5.97 Å². The number of carbonyl (C=O) groups is 2. The number of aryl methyl sites for hydroxylation is 2. The number of amides is 1. The average Bonchev–Trinajstić information content (AvgIpc) is 2.95. The van der Waals surface area contributed by atoms with Gasteiger partial charge in [-0.2, -0.15) is 11.3 Å². The normalized spacial score (nSPS) is 10.6. The number of nitrogens with one attached hydrogen (secondary N) is 1. The lowest BCUT2D eigenvalue weighted by atomic mass is 10.1. The Kier molecular flexibility index (Phi) is 5.49. The summed E-state index contributed by atoms with van der Waals surface area (Å²) < 4.78 is 4.90. The number of carbonyl (C=O) groups excluding carboxylic acids is 2. The van der Waals surface area contributed by atoms with E-state index in [1.165, 1.54) is 6.08 Å². The first kappa shape index (κ1) is 16.0. The van der Waals surface area contributed by atoms with Crippen LogP contribution in [0.4, 0.5) is 5.69 Å². The third-order valence-electron chi connectivity index (χ3n) is 2.81. The first-order valence-electron chi connectivity index (χ1n) is 6.78. The van der Waals surface area contributed by atoms with Gasteiger partial charge in [0.1, 0.15) is 0 Å². The lowest BCUT2D eigenvalue weighted by molar-refractivity contribution is -0.142. The molecular weight excluding hydrogens is 298 g/mol. The van der Waals surface area contributed by atoms with Gasteiger partial charge in [0.25, 0.3) is 5.91 Å². The SMILES string of the molecule is Cc1cc(C)cc(NC(=O)COC(=O)/C=C/c2ccsc2)c1. The molecule has 0 saturated carbocycles. The van der Waals surface area contributed by atoms with Crippen LogP contribution in [0.25, 0.3) is 6.08 Å². The fourth-order valence-electron chi connectivity index (χ4n) is 1.96. The van der Waals surface area contributed by atoms with Crippen molar-refractivity contribution in [3.63, 3.8) is 0 Å². The van der Waals surface area contributed by atoms with Crippen molar-refractivity contribution in [1.82, 2.24) is 0 Å². The summed E-state index contributed by atoms with van der Waals surface area (Å²) in [5.41, 5.74) is 3.76. The number of esters is 1. The molecule has 0 aliphatic heterocycles. The van der Waals surface area contributed by atoms with Crippen molar-refractivity contribution >= 4 is 35.0 Å². The highest BCUT2D eigenvalue weighted by molar-refractivity contribution is 7.08. The van der Waals surface area contributed by atoms with Crippen molar-refractivity contribution in [3.8, 4) is 0 Å². The van der Waals surface area contributed by atoms with Crippen molar-refractivity contribution in [1.29, 1.82) is 0 Å². The van der Waals surface area contributed by atoms with Crippen LogP contribution in [-0.2, 0) is 14.3 Å². The second-order valence-electron chi connectivity index (χ2n) is 4.92. The van der Waals surface area contributed by atoms with Crippen molar-refractivity contribution < 1.29 is 14.3 Å². The fraction of sp³-hybridized carbons (Fsp3) is 0.176. The maximum atomic E-state index is 11.8. The van der Waals surface area contributed by atoms with Crippen LogP contribution in [0, 0.1) is 13.8 Å². The van der Waals surface area contributed by atoms with Crippen molar-refractivity contribution in [2.45, 2.75) is 13.8 Å². The van der Waals surface area contributed by atoms with Gasteiger partial charge in [-0.05, 0) is 65.6 Å². The summed E-state index contributed by atoms with van der Waals surface area (Å²) >= 11 is 1.55.